The van der Waals surface area contributed by atoms with Crippen molar-refractivity contribution < 1.29 is 24.3 Å². The van der Waals surface area contributed by atoms with Gasteiger partial charge in [-0.2, -0.15) is 0 Å². The van der Waals surface area contributed by atoms with E-state index in [1.54, 1.807) is 0 Å². The van der Waals surface area contributed by atoms with Crippen LogP contribution in [0.1, 0.15) is 36.0 Å². The Balaban J connectivity index is 1.57. The Labute approximate surface area is 144 Å². The third-order valence-electron chi connectivity index (χ3n) is 4.40. The van der Waals surface area contributed by atoms with Gasteiger partial charge in [-0.1, -0.05) is 0 Å². The number of hydrogen-bond acceptors (Lipinski definition) is 5. The predicted molar refractivity (Wildman–Crippen MR) is 89.1 cm³/mol. The molecule has 0 aromatic heterocycles. The number of amides is 1. The van der Waals surface area contributed by atoms with Gasteiger partial charge in [0, 0.05) is 30.8 Å². The van der Waals surface area contributed by atoms with Crippen molar-refractivity contribution in [2.75, 3.05) is 18.4 Å². The highest BCUT2D eigenvalue weighted by molar-refractivity contribution is 6.23. The molecule has 0 saturated carbocycles. The molecule has 0 saturated heterocycles. The lowest BCUT2D eigenvalue weighted by atomic mass is 9.94. The Bertz CT molecular complexity index is 779. The van der Waals surface area contributed by atoms with Crippen LogP contribution in [0.3, 0.4) is 0 Å². The third-order valence-corrected chi connectivity index (χ3v) is 4.40. The molecule has 0 spiro atoms. The number of carbonyl (C=O) groups is 4. The van der Waals surface area contributed by atoms with Gasteiger partial charge < -0.3 is 15.3 Å². The minimum Gasteiger partial charge on any atom is -0.478 e. The zero-order valence-corrected chi connectivity index (χ0v) is 13.6. The quantitative estimate of drug-likeness (QED) is 0.788. The second-order valence-electron chi connectivity index (χ2n) is 6.12. The average Bonchev–Trinajstić information content (AvgIpc) is 2.91. The van der Waals surface area contributed by atoms with Crippen molar-refractivity contribution in [3.63, 3.8) is 0 Å². The molecular weight excluding hydrogens is 324 g/mol. The summed E-state index contributed by atoms with van der Waals surface area (Å²) in [5.41, 5.74) is 1.77. The van der Waals surface area contributed by atoms with E-state index in [0.29, 0.717) is 30.6 Å². The number of Topliss-reactive ketones (excluding diaryl/α,β-unsaturated/α-hetero) is 2. The summed E-state index contributed by atoms with van der Waals surface area (Å²) in [4.78, 5) is 48.5. The Morgan fingerprint density at radius 1 is 1.08 bits per heavy atom. The van der Waals surface area contributed by atoms with Gasteiger partial charge in [0.1, 0.15) is 0 Å². The first-order valence-corrected chi connectivity index (χ1v) is 8.13. The molecule has 1 aliphatic heterocycles. The van der Waals surface area contributed by atoms with Crippen molar-refractivity contribution in [2.45, 2.75) is 25.7 Å². The number of ketones is 2. The molecule has 1 heterocycles. The monoisotopic (exact) mass is 342 g/mol. The Morgan fingerprint density at radius 2 is 1.80 bits per heavy atom. The number of carboxylic acid groups (broad SMARTS) is 1. The molecule has 0 fully saturated rings. The van der Waals surface area contributed by atoms with Crippen molar-refractivity contribution in [3.8, 4) is 0 Å². The highest BCUT2D eigenvalue weighted by Crippen LogP contribution is 2.30. The molecule has 130 valence electrons. The molecule has 1 aromatic rings. The number of anilines is 1. The van der Waals surface area contributed by atoms with E-state index in [1.807, 2.05) is 4.90 Å². The largest absolute Gasteiger partial charge is 0.478 e. The molecule has 7 nitrogen and oxygen atoms in total. The van der Waals surface area contributed by atoms with E-state index in [4.69, 9.17) is 5.11 Å². The van der Waals surface area contributed by atoms with Crippen LogP contribution in [0.5, 0.6) is 0 Å². The Morgan fingerprint density at radius 3 is 2.48 bits per heavy atom. The van der Waals surface area contributed by atoms with Crippen molar-refractivity contribution in [1.82, 2.24) is 4.90 Å². The molecule has 1 aromatic carbocycles. The molecule has 1 amide bonds. The maximum absolute atomic E-state index is 12.1. The fraction of sp³-hybridized carbons (Fsp3) is 0.333. The molecule has 7 heteroatoms. The lowest BCUT2D eigenvalue weighted by Crippen LogP contribution is -2.27. The van der Waals surface area contributed by atoms with Crippen LogP contribution in [0.4, 0.5) is 5.69 Å². The highest BCUT2D eigenvalue weighted by atomic mass is 16.4. The molecule has 3 rings (SSSR count). The maximum atomic E-state index is 12.1. The second-order valence-corrected chi connectivity index (χ2v) is 6.12. The van der Waals surface area contributed by atoms with Crippen LogP contribution in [0, 0.1) is 0 Å². The van der Waals surface area contributed by atoms with E-state index in [2.05, 4.69) is 5.32 Å². The summed E-state index contributed by atoms with van der Waals surface area (Å²) in [7, 11) is 0. The van der Waals surface area contributed by atoms with Gasteiger partial charge in [-0.05, 0) is 37.1 Å². The number of aromatic carboxylic acids is 1. The van der Waals surface area contributed by atoms with Crippen molar-refractivity contribution in [1.29, 1.82) is 0 Å². The summed E-state index contributed by atoms with van der Waals surface area (Å²) in [6.45, 7) is 0.536. The smallest absolute Gasteiger partial charge is 0.335 e. The zero-order valence-electron chi connectivity index (χ0n) is 13.6. The van der Waals surface area contributed by atoms with Gasteiger partial charge in [0.25, 0.3) is 0 Å². The number of nitrogens with one attached hydrogen (secondary N) is 1. The standard InChI is InChI=1S/C18H18N2O5/c21-14-3-1-2-13-17(14)15(22)10-20(13)9-8-16(23)19-12-6-4-11(5-7-12)18(24)25/h4-7H,1-3,8-10H2,(H,19,23)(H,24,25). The van der Waals surface area contributed by atoms with Gasteiger partial charge >= 0.3 is 5.97 Å². The van der Waals surface area contributed by atoms with Crippen LogP contribution in [-0.2, 0) is 14.4 Å². The van der Waals surface area contributed by atoms with Gasteiger partial charge in [-0.3, -0.25) is 14.4 Å². The maximum Gasteiger partial charge on any atom is 0.335 e. The summed E-state index contributed by atoms with van der Waals surface area (Å²) in [6.07, 6.45) is 2.04. The van der Waals surface area contributed by atoms with Crippen LogP contribution < -0.4 is 5.32 Å². The number of carboxylic acids is 1. The van der Waals surface area contributed by atoms with Crippen molar-refractivity contribution in [2.24, 2.45) is 0 Å². The van der Waals surface area contributed by atoms with Crippen LogP contribution in [0.2, 0.25) is 0 Å². The minimum atomic E-state index is -1.03. The van der Waals surface area contributed by atoms with Crippen LogP contribution in [0.15, 0.2) is 35.5 Å². The summed E-state index contributed by atoms with van der Waals surface area (Å²) in [6, 6.07) is 5.89. The fourth-order valence-electron chi connectivity index (χ4n) is 3.18. The van der Waals surface area contributed by atoms with Gasteiger partial charge in [0.2, 0.25) is 5.91 Å². The lowest BCUT2D eigenvalue weighted by Gasteiger charge is -2.23. The molecular formula is C18H18N2O5. The Hall–Kier alpha value is -2.96. The van der Waals surface area contributed by atoms with E-state index in [9.17, 15) is 19.2 Å². The van der Waals surface area contributed by atoms with E-state index >= 15 is 0 Å². The number of rotatable bonds is 5. The molecule has 2 aliphatic rings. The number of carbonyl (C=O) groups excluding carboxylic acids is 3. The topological polar surface area (TPSA) is 104 Å². The van der Waals surface area contributed by atoms with E-state index in [-0.39, 0.29) is 36.0 Å². The van der Waals surface area contributed by atoms with E-state index < -0.39 is 5.97 Å². The normalized spacial score (nSPS) is 16.9. The summed E-state index contributed by atoms with van der Waals surface area (Å²) < 4.78 is 0. The molecule has 25 heavy (non-hydrogen) atoms. The third kappa shape index (κ3) is 3.60. The first kappa shape index (κ1) is 16.9. The molecule has 2 N–H and O–H groups in total. The molecule has 0 radical (unpaired) electrons. The average molecular weight is 342 g/mol. The lowest BCUT2D eigenvalue weighted by molar-refractivity contribution is -0.121. The number of hydrogen-bond donors (Lipinski definition) is 2. The molecule has 0 atom stereocenters. The highest BCUT2D eigenvalue weighted by Gasteiger charge is 2.35. The van der Waals surface area contributed by atoms with Gasteiger partial charge in [0.05, 0.1) is 17.7 Å². The summed E-state index contributed by atoms with van der Waals surface area (Å²) in [5, 5.41) is 11.5. The SMILES string of the molecule is O=C(CCN1CC(=O)C2=C1CCCC2=O)Nc1ccc(C(=O)O)cc1. The Kier molecular flexibility index (Phi) is 4.65. The summed E-state index contributed by atoms with van der Waals surface area (Å²) >= 11 is 0. The van der Waals surface area contributed by atoms with E-state index in [0.717, 1.165) is 12.1 Å². The number of nitrogens with zero attached hydrogens (tertiary/aromatic N) is 1. The molecule has 0 bridgehead atoms. The van der Waals surface area contributed by atoms with Crippen molar-refractivity contribution in [3.05, 3.63) is 41.1 Å². The number of allylic oxidation sites excluding steroid dienone is 1. The van der Waals surface area contributed by atoms with Gasteiger partial charge in [-0.25, -0.2) is 4.79 Å². The van der Waals surface area contributed by atoms with Crippen LogP contribution >= 0.6 is 0 Å². The van der Waals surface area contributed by atoms with Crippen molar-refractivity contribution >= 4 is 29.1 Å². The van der Waals surface area contributed by atoms with Gasteiger partial charge in [-0.15, -0.1) is 0 Å². The van der Waals surface area contributed by atoms with Crippen LogP contribution in [-0.4, -0.2) is 46.5 Å². The fourth-order valence-corrected chi connectivity index (χ4v) is 3.18. The first-order valence-electron chi connectivity index (χ1n) is 8.13. The van der Waals surface area contributed by atoms with Gasteiger partial charge in [0.15, 0.2) is 11.6 Å². The summed E-state index contributed by atoms with van der Waals surface area (Å²) in [5.74, 6) is -1.49. The molecule has 1 aliphatic carbocycles. The first-order chi connectivity index (χ1) is 12.0. The number of benzene rings is 1. The van der Waals surface area contributed by atoms with Crippen LogP contribution in [0.25, 0.3) is 0 Å². The zero-order chi connectivity index (χ0) is 18.0. The minimum absolute atomic E-state index is 0.0864. The molecule has 0 unspecified atom stereocenters. The predicted octanol–water partition coefficient (Wildman–Crippen LogP) is 1.61. The van der Waals surface area contributed by atoms with E-state index in [1.165, 1.54) is 24.3 Å². The second kappa shape index (κ2) is 6.88.